The first-order chi connectivity index (χ1) is 10.1. The fraction of sp³-hybridized carbons (Fsp3) is 0.467. The van der Waals surface area contributed by atoms with Gasteiger partial charge in [0, 0.05) is 12.3 Å². The number of aryl methyl sites for hydroxylation is 1. The molecule has 114 valence electrons. The van der Waals surface area contributed by atoms with Crippen LogP contribution in [0.5, 0.6) is 0 Å². The summed E-state index contributed by atoms with van der Waals surface area (Å²) in [6, 6.07) is 7.37. The molecule has 3 N–H and O–H groups in total. The number of nitrogens with one attached hydrogen (secondary N) is 1. The molecule has 1 saturated heterocycles. The number of anilines is 1. The molecule has 0 saturated carbocycles. The number of aliphatic hydroxyl groups excluding tert-OH is 1. The summed E-state index contributed by atoms with van der Waals surface area (Å²) in [6.07, 6.45) is 0.561. The van der Waals surface area contributed by atoms with Gasteiger partial charge in [0.15, 0.2) is 6.10 Å². The molecule has 0 unspecified atom stereocenters. The summed E-state index contributed by atoms with van der Waals surface area (Å²) in [5.41, 5.74) is 1.68. The standard InChI is InChI=1S/C15H19NO5/c17-8-2-4-10-3-1-5-11(9-10)16-14(18)12-6-7-13(21-12)15(19)20/h1,3,5,9,12-13,17H,2,4,6-8H2,(H,16,18)(H,19,20)/t12-,13+/m0/s1. The lowest BCUT2D eigenvalue weighted by Gasteiger charge is -2.12. The van der Waals surface area contributed by atoms with Gasteiger partial charge in [-0.25, -0.2) is 4.79 Å². The molecule has 0 aromatic heterocycles. The zero-order valence-corrected chi connectivity index (χ0v) is 11.6. The number of aliphatic carboxylic acids is 1. The van der Waals surface area contributed by atoms with Gasteiger partial charge in [0.2, 0.25) is 0 Å². The van der Waals surface area contributed by atoms with Crippen molar-refractivity contribution < 1.29 is 24.5 Å². The van der Waals surface area contributed by atoms with E-state index in [1.807, 2.05) is 18.2 Å². The van der Waals surface area contributed by atoms with Crippen LogP contribution in [0.4, 0.5) is 5.69 Å². The minimum Gasteiger partial charge on any atom is -0.479 e. The van der Waals surface area contributed by atoms with Crippen molar-refractivity contribution >= 4 is 17.6 Å². The second-order valence-corrected chi connectivity index (χ2v) is 5.05. The van der Waals surface area contributed by atoms with E-state index in [-0.39, 0.29) is 12.5 Å². The largest absolute Gasteiger partial charge is 0.479 e. The molecule has 0 bridgehead atoms. The molecule has 2 rings (SSSR count). The Morgan fingerprint density at radius 2 is 2.05 bits per heavy atom. The van der Waals surface area contributed by atoms with Gasteiger partial charge in [-0.3, -0.25) is 4.79 Å². The normalized spacial score (nSPS) is 21.2. The molecule has 6 nitrogen and oxygen atoms in total. The Bertz CT molecular complexity index is 517. The van der Waals surface area contributed by atoms with Crippen molar-refractivity contribution in [2.75, 3.05) is 11.9 Å². The van der Waals surface area contributed by atoms with Crippen LogP contribution < -0.4 is 5.32 Å². The van der Waals surface area contributed by atoms with Gasteiger partial charge < -0.3 is 20.3 Å². The van der Waals surface area contributed by atoms with Gasteiger partial charge >= 0.3 is 5.97 Å². The minimum atomic E-state index is -1.03. The molecule has 0 spiro atoms. The van der Waals surface area contributed by atoms with Crippen molar-refractivity contribution in [3.8, 4) is 0 Å². The number of carbonyl (C=O) groups is 2. The van der Waals surface area contributed by atoms with Gasteiger partial charge in [0.05, 0.1) is 0 Å². The third-order valence-electron chi connectivity index (χ3n) is 3.41. The lowest BCUT2D eigenvalue weighted by Crippen LogP contribution is -2.29. The van der Waals surface area contributed by atoms with Crippen LogP contribution in [0.1, 0.15) is 24.8 Å². The third kappa shape index (κ3) is 4.27. The zero-order valence-electron chi connectivity index (χ0n) is 11.6. The zero-order chi connectivity index (χ0) is 15.2. The van der Waals surface area contributed by atoms with Crippen LogP contribution >= 0.6 is 0 Å². The second-order valence-electron chi connectivity index (χ2n) is 5.05. The number of aliphatic hydroxyl groups is 1. The first-order valence-corrected chi connectivity index (χ1v) is 6.99. The molecule has 1 aromatic carbocycles. The number of hydrogen-bond donors (Lipinski definition) is 3. The lowest BCUT2D eigenvalue weighted by molar-refractivity contribution is -0.150. The van der Waals surface area contributed by atoms with Crippen LogP contribution in [0, 0.1) is 0 Å². The Balaban J connectivity index is 1.92. The number of carboxylic acid groups (broad SMARTS) is 1. The van der Waals surface area contributed by atoms with Crippen molar-refractivity contribution in [1.82, 2.24) is 0 Å². The van der Waals surface area contributed by atoms with E-state index in [9.17, 15) is 9.59 Å². The van der Waals surface area contributed by atoms with E-state index in [0.717, 1.165) is 12.0 Å². The quantitative estimate of drug-likeness (QED) is 0.732. The summed E-state index contributed by atoms with van der Waals surface area (Å²) in [7, 11) is 0. The number of amides is 1. The average molecular weight is 293 g/mol. The van der Waals surface area contributed by atoms with Crippen molar-refractivity contribution in [1.29, 1.82) is 0 Å². The molecule has 1 aliphatic heterocycles. The van der Waals surface area contributed by atoms with E-state index >= 15 is 0 Å². The summed E-state index contributed by atoms with van der Waals surface area (Å²) in [5.74, 6) is -1.35. The maximum absolute atomic E-state index is 12.0. The van der Waals surface area contributed by atoms with Crippen LogP contribution in [0.15, 0.2) is 24.3 Å². The number of hydrogen-bond acceptors (Lipinski definition) is 4. The molecule has 0 radical (unpaired) electrons. The van der Waals surface area contributed by atoms with E-state index < -0.39 is 18.2 Å². The number of rotatable bonds is 6. The fourth-order valence-electron chi connectivity index (χ4n) is 2.32. The highest BCUT2D eigenvalue weighted by molar-refractivity contribution is 5.94. The SMILES string of the molecule is O=C(Nc1cccc(CCCO)c1)[C@@H]1CC[C@H](C(=O)O)O1. The molecule has 2 atom stereocenters. The number of carboxylic acids is 1. The first kappa shape index (κ1) is 15.5. The topological polar surface area (TPSA) is 95.9 Å². The summed E-state index contributed by atoms with van der Waals surface area (Å²) >= 11 is 0. The van der Waals surface area contributed by atoms with Crippen molar-refractivity contribution in [3.05, 3.63) is 29.8 Å². The first-order valence-electron chi connectivity index (χ1n) is 6.99. The minimum absolute atomic E-state index is 0.128. The molecule has 1 aliphatic rings. The maximum Gasteiger partial charge on any atom is 0.332 e. The lowest BCUT2D eigenvalue weighted by atomic mass is 10.1. The molecule has 1 amide bonds. The number of ether oxygens (including phenoxy) is 1. The van der Waals surface area contributed by atoms with Gasteiger partial charge in [-0.15, -0.1) is 0 Å². The van der Waals surface area contributed by atoms with E-state index in [1.165, 1.54) is 0 Å². The molecule has 1 fully saturated rings. The molecule has 6 heteroatoms. The van der Waals surface area contributed by atoms with E-state index in [2.05, 4.69) is 5.32 Å². The summed E-state index contributed by atoms with van der Waals surface area (Å²) < 4.78 is 5.21. The Kier molecular flexibility index (Phi) is 5.30. The average Bonchev–Trinajstić information content (AvgIpc) is 2.95. The fourth-order valence-corrected chi connectivity index (χ4v) is 2.32. The number of carbonyl (C=O) groups excluding carboxylic acids is 1. The Hall–Kier alpha value is -1.92. The highest BCUT2D eigenvalue weighted by Gasteiger charge is 2.34. The Morgan fingerprint density at radius 1 is 1.29 bits per heavy atom. The maximum atomic E-state index is 12.0. The highest BCUT2D eigenvalue weighted by Crippen LogP contribution is 2.21. The van der Waals surface area contributed by atoms with Crippen LogP contribution in [0.3, 0.4) is 0 Å². The summed E-state index contributed by atoms with van der Waals surface area (Å²) in [6.45, 7) is 0.128. The van der Waals surface area contributed by atoms with E-state index in [1.54, 1.807) is 6.07 Å². The molecule has 21 heavy (non-hydrogen) atoms. The second kappa shape index (κ2) is 7.19. The monoisotopic (exact) mass is 293 g/mol. The summed E-state index contributed by atoms with van der Waals surface area (Å²) in [5, 5.41) is 20.4. The van der Waals surface area contributed by atoms with Gasteiger partial charge in [0.25, 0.3) is 5.91 Å². The predicted molar refractivity (Wildman–Crippen MR) is 76.0 cm³/mol. The highest BCUT2D eigenvalue weighted by atomic mass is 16.5. The molecule has 0 aliphatic carbocycles. The predicted octanol–water partition coefficient (Wildman–Crippen LogP) is 1.18. The van der Waals surface area contributed by atoms with Crippen molar-refractivity contribution in [2.45, 2.75) is 37.9 Å². The van der Waals surface area contributed by atoms with Crippen LogP contribution in [0.25, 0.3) is 0 Å². The van der Waals surface area contributed by atoms with Crippen LogP contribution in [-0.4, -0.2) is 40.9 Å². The number of benzene rings is 1. The van der Waals surface area contributed by atoms with Gasteiger partial charge in [0.1, 0.15) is 6.10 Å². The molecular formula is C15H19NO5. The van der Waals surface area contributed by atoms with Crippen LogP contribution in [0.2, 0.25) is 0 Å². The Morgan fingerprint density at radius 3 is 2.71 bits per heavy atom. The third-order valence-corrected chi connectivity index (χ3v) is 3.41. The van der Waals surface area contributed by atoms with Gasteiger partial charge in [-0.1, -0.05) is 12.1 Å². The summed E-state index contributed by atoms with van der Waals surface area (Å²) in [4.78, 5) is 22.8. The van der Waals surface area contributed by atoms with E-state index in [0.29, 0.717) is 24.9 Å². The molecule has 1 aromatic rings. The van der Waals surface area contributed by atoms with E-state index in [4.69, 9.17) is 14.9 Å². The smallest absolute Gasteiger partial charge is 0.332 e. The van der Waals surface area contributed by atoms with Crippen LogP contribution in [-0.2, 0) is 20.7 Å². The van der Waals surface area contributed by atoms with Gasteiger partial charge in [-0.05, 0) is 43.4 Å². The van der Waals surface area contributed by atoms with Gasteiger partial charge in [-0.2, -0.15) is 0 Å². The van der Waals surface area contributed by atoms with Crippen molar-refractivity contribution in [3.63, 3.8) is 0 Å². The Labute approximate surface area is 122 Å². The molecular weight excluding hydrogens is 274 g/mol. The van der Waals surface area contributed by atoms with Crippen molar-refractivity contribution in [2.24, 2.45) is 0 Å². The molecule has 1 heterocycles.